The molecule has 0 aromatic carbocycles. The van der Waals surface area contributed by atoms with Crippen LogP contribution in [-0.2, 0) is 19.6 Å². The maximum absolute atomic E-state index is 9.51. The van der Waals surface area contributed by atoms with Crippen molar-refractivity contribution in [3.8, 4) is 0 Å². The molecule has 0 heterocycles. The van der Waals surface area contributed by atoms with E-state index in [0.29, 0.717) is 0 Å². The van der Waals surface area contributed by atoms with Crippen molar-refractivity contribution in [1.29, 1.82) is 0 Å². The Morgan fingerprint density at radius 3 is 2.00 bits per heavy atom. The number of carbonyl (C=O) groups is 1. The Morgan fingerprint density at radius 2 is 2.00 bits per heavy atom. The standard InChI is InChI=1S/C3H6NO2.HI.Zn/c1-2(4)3(5)6;;/h2H,1,4H2,(H,5,6);1H;/q-1;;+2/p-1. The van der Waals surface area contributed by atoms with Crippen LogP contribution in [0.3, 0.4) is 0 Å². The van der Waals surface area contributed by atoms with Crippen molar-refractivity contribution in [2.45, 2.75) is 6.04 Å². The quantitative estimate of drug-likeness (QED) is 0.407. The van der Waals surface area contributed by atoms with Crippen LogP contribution in [0.15, 0.2) is 0 Å². The molecule has 1 unspecified atom stereocenters. The van der Waals surface area contributed by atoms with E-state index in [1.807, 2.05) is 0 Å². The second kappa shape index (κ2) is 7.78. The van der Waals surface area contributed by atoms with Crippen molar-refractivity contribution in [2.24, 2.45) is 5.73 Å². The van der Waals surface area contributed by atoms with E-state index >= 15 is 0 Å². The van der Waals surface area contributed by atoms with Crippen molar-refractivity contribution < 1.29 is 24.7 Å². The van der Waals surface area contributed by atoms with Crippen LogP contribution < -0.4 is 5.73 Å². The first kappa shape index (κ1) is 11.6. The first-order valence-corrected chi connectivity index (χ1v) is 10.8. The van der Waals surface area contributed by atoms with Crippen LogP contribution in [0.4, 0.5) is 0 Å². The van der Waals surface area contributed by atoms with Gasteiger partial charge in [-0.05, 0) is 6.04 Å². The molecule has 3 nitrogen and oxygen atoms in total. The van der Waals surface area contributed by atoms with Crippen LogP contribution in [0, 0.1) is 6.92 Å². The van der Waals surface area contributed by atoms with Gasteiger partial charge in [-0.1, -0.05) is 0 Å². The fourth-order valence-corrected chi connectivity index (χ4v) is 0. The number of carboxylic acid groups (broad SMARTS) is 1. The van der Waals surface area contributed by atoms with E-state index in [0.717, 1.165) is 0 Å². The average Bonchev–Trinajstić information content (AvgIpc) is 1.72. The molecule has 0 fully saturated rings. The maximum atomic E-state index is 9.51. The van der Waals surface area contributed by atoms with E-state index in [-0.39, 0.29) is 0 Å². The van der Waals surface area contributed by atoms with Crippen LogP contribution in [0.25, 0.3) is 0 Å². The Bertz CT molecular complexity index is 68.3. The molecular weight excluding hydrogens is 274 g/mol. The van der Waals surface area contributed by atoms with Gasteiger partial charge in [0.05, 0.1) is 0 Å². The fraction of sp³-hybridized carbons (Fsp3) is 0.333. The molecule has 0 aromatic rings. The fourth-order valence-electron chi connectivity index (χ4n) is 0. The van der Waals surface area contributed by atoms with Crippen molar-refractivity contribution in [3.05, 3.63) is 6.92 Å². The monoisotopic (exact) mass is 279 g/mol. The topological polar surface area (TPSA) is 63.3 Å². The van der Waals surface area contributed by atoms with Gasteiger partial charge in [-0.3, -0.25) is 4.79 Å². The zero-order chi connectivity index (χ0) is 7.15. The third kappa shape index (κ3) is 9.92. The van der Waals surface area contributed by atoms with Gasteiger partial charge in [0.2, 0.25) is 0 Å². The molecule has 0 radical (unpaired) electrons. The van der Waals surface area contributed by atoms with Gasteiger partial charge in [-0.25, -0.2) is 0 Å². The van der Waals surface area contributed by atoms with Crippen molar-refractivity contribution >= 4 is 25.7 Å². The summed E-state index contributed by atoms with van der Waals surface area (Å²) in [6.45, 7) is 3.02. The molecule has 44 valence electrons. The van der Waals surface area contributed by atoms with Gasteiger partial charge in [0.15, 0.2) is 0 Å². The third-order valence-corrected chi connectivity index (χ3v) is 0.317. The van der Waals surface area contributed by atoms with Crippen LogP contribution in [-0.4, -0.2) is 17.1 Å². The van der Waals surface area contributed by atoms with Gasteiger partial charge in [-0.2, -0.15) is 0 Å². The van der Waals surface area contributed by atoms with Crippen LogP contribution in [0.2, 0.25) is 0 Å². The molecule has 0 aromatic heterocycles. The number of nitrogens with two attached hydrogens (primary N) is 1. The van der Waals surface area contributed by atoms with Crippen LogP contribution in [0.1, 0.15) is 0 Å². The zero-order valence-corrected chi connectivity index (χ0v) is 9.43. The summed E-state index contributed by atoms with van der Waals surface area (Å²) in [5, 5.41) is 7.80. The SMILES string of the molecule is [CH2-]C(N)C(=O)O.[Zn+][I]. The van der Waals surface area contributed by atoms with E-state index < -0.39 is 12.0 Å². The number of halogens is 1. The van der Waals surface area contributed by atoms with Gasteiger partial charge < -0.3 is 17.8 Å². The van der Waals surface area contributed by atoms with Crippen LogP contribution in [0.5, 0.6) is 0 Å². The summed E-state index contributed by atoms with van der Waals surface area (Å²) in [4.78, 5) is 9.51. The Labute approximate surface area is 68.9 Å². The second-order valence-electron chi connectivity index (χ2n) is 0.945. The predicted molar refractivity (Wildman–Crippen MR) is 35.0 cm³/mol. The minimum atomic E-state index is -1.07. The molecule has 0 aliphatic rings. The molecule has 0 aliphatic heterocycles. The average molecular weight is 280 g/mol. The van der Waals surface area contributed by atoms with Crippen molar-refractivity contribution in [3.63, 3.8) is 0 Å². The first-order valence-electron chi connectivity index (χ1n) is 1.73. The second-order valence-corrected chi connectivity index (χ2v) is 0.945. The molecular formula is C3H6INO2Zn. The normalized spacial score (nSPS) is 11.1. The summed E-state index contributed by atoms with van der Waals surface area (Å²) in [7, 11) is 0. The van der Waals surface area contributed by atoms with E-state index in [2.05, 4.69) is 26.7 Å². The van der Waals surface area contributed by atoms with Gasteiger partial charge in [0.25, 0.3) is 5.97 Å². The summed E-state index contributed by atoms with van der Waals surface area (Å²) < 4.78 is 0. The molecule has 8 heavy (non-hydrogen) atoms. The molecule has 0 saturated heterocycles. The van der Waals surface area contributed by atoms with Crippen molar-refractivity contribution in [1.82, 2.24) is 0 Å². The zero-order valence-electron chi connectivity index (χ0n) is 4.30. The number of hydrogen-bond acceptors (Lipinski definition) is 2. The summed E-state index contributed by atoms with van der Waals surface area (Å²) in [5.41, 5.74) is 4.72. The van der Waals surface area contributed by atoms with Gasteiger partial charge in [0.1, 0.15) is 0 Å². The molecule has 0 aliphatic carbocycles. The number of hydrogen-bond donors (Lipinski definition) is 2. The molecule has 0 spiro atoms. The van der Waals surface area contributed by atoms with Crippen LogP contribution >= 0.6 is 19.8 Å². The Morgan fingerprint density at radius 1 is 1.88 bits per heavy atom. The van der Waals surface area contributed by atoms with Gasteiger partial charge in [0, 0.05) is 0 Å². The summed E-state index contributed by atoms with van der Waals surface area (Å²) in [5.74, 6) is -1.07. The Balaban J connectivity index is 0. The van der Waals surface area contributed by atoms with E-state index in [4.69, 9.17) is 10.8 Å². The Kier molecular flexibility index (Phi) is 11.3. The van der Waals surface area contributed by atoms with Gasteiger partial charge >= 0.3 is 34.5 Å². The minimum absolute atomic E-state index is 0.981. The van der Waals surface area contributed by atoms with Crippen molar-refractivity contribution in [2.75, 3.05) is 0 Å². The first-order chi connectivity index (χ1) is 3.64. The number of aliphatic carboxylic acids is 1. The van der Waals surface area contributed by atoms with E-state index in [9.17, 15) is 4.79 Å². The summed E-state index contributed by atoms with van der Waals surface area (Å²) in [6, 6.07) is -0.981. The van der Waals surface area contributed by atoms with E-state index in [1.165, 1.54) is 14.8 Å². The molecule has 5 heteroatoms. The summed E-state index contributed by atoms with van der Waals surface area (Å²) >= 11 is 3.62. The predicted octanol–water partition coefficient (Wildman–Crippen LogP) is 0.116. The Hall–Kier alpha value is 0.783. The number of rotatable bonds is 1. The number of carboxylic acids is 1. The molecule has 0 saturated carbocycles. The molecule has 0 bridgehead atoms. The molecule has 0 amide bonds. The molecule has 1 atom stereocenters. The van der Waals surface area contributed by atoms with E-state index in [1.54, 1.807) is 0 Å². The summed E-state index contributed by atoms with van der Waals surface area (Å²) in [6.07, 6.45) is 0. The van der Waals surface area contributed by atoms with Gasteiger partial charge in [-0.15, -0.1) is 0 Å². The molecule has 0 rings (SSSR count). The molecule has 3 N–H and O–H groups in total. The third-order valence-electron chi connectivity index (χ3n) is 0.317.